The summed E-state index contributed by atoms with van der Waals surface area (Å²) in [6, 6.07) is 15.6. The molecule has 0 unspecified atom stereocenters. The molecule has 2 bridgehead atoms. The Kier molecular flexibility index (Phi) is 4.70. The number of nitro groups is 1. The number of anilines is 1. The predicted octanol–water partition coefficient (Wildman–Crippen LogP) is 2.87. The number of rotatable bonds is 5. The lowest BCUT2D eigenvalue weighted by Gasteiger charge is -2.34. The Morgan fingerprint density at radius 2 is 1.63 bits per heavy atom. The molecule has 3 aliphatic heterocycles. The summed E-state index contributed by atoms with van der Waals surface area (Å²) in [5.74, 6) is -0.691. The van der Waals surface area contributed by atoms with Crippen molar-refractivity contribution in [1.82, 2.24) is 9.21 Å². The number of nitro benzene ring substituents is 1. The molecule has 35 heavy (non-hydrogen) atoms. The van der Waals surface area contributed by atoms with E-state index >= 15 is 0 Å². The van der Waals surface area contributed by atoms with Gasteiger partial charge >= 0.3 is 6.03 Å². The van der Waals surface area contributed by atoms with Crippen LogP contribution in [0.4, 0.5) is 16.2 Å². The van der Waals surface area contributed by atoms with E-state index in [4.69, 9.17) is 0 Å². The van der Waals surface area contributed by atoms with Crippen molar-refractivity contribution in [1.29, 1.82) is 0 Å². The van der Waals surface area contributed by atoms with Gasteiger partial charge in [0.1, 0.15) is 6.04 Å². The van der Waals surface area contributed by atoms with Crippen molar-refractivity contribution in [3.8, 4) is 0 Å². The monoisotopic (exact) mass is 492 g/mol. The lowest BCUT2D eigenvalue weighted by molar-refractivity contribution is -0.383. The SMILES string of the molecule is O=C1[C@H]2[C@@H]3C[C@@H](CN3S(=O)(=O)Cc3ccccc3)N2C(=O)N1c1ccc([N+](=O)[O-])c2ccccc12. The number of piperazine rings is 1. The number of carbonyl (C=O) groups is 2. The third kappa shape index (κ3) is 3.15. The Hall–Kier alpha value is -3.83. The summed E-state index contributed by atoms with van der Waals surface area (Å²) in [5.41, 5.74) is 0.788. The molecule has 0 aliphatic carbocycles. The van der Waals surface area contributed by atoms with Gasteiger partial charge in [-0.05, 0) is 24.1 Å². The minimum atomic E-state index is -3.71. The van der Waals surface area contributed by atoms with Crippen LogP contribution in [-0.2, 0) is 20.6 Å². The number of non-ortho nitro benzene ring substituents is 1. The van der Waals surface area contributed by atoms with Crippen LogP contribution >= 0.6 is 0 Å². The maximum Gasteiger partial charge on any atom is 0.332 e. The second kappa shape index (κ2) is 7.59. The molecule has 0 aromatic heterocycles. The van der Waals surface area contributed by atoms with Gasteiger partial charge in [0.2, 0.25) is 10.0 Å². The standard InChI is InChI=1S/C24H20N4O6S/c29-23-22-21-12-16(13-25(21)35(33,34)14-15-6-2-1-3-7-15)26(22)24(30)27(23)19-10-11-20(28(31)32)18-9-5-4-8-17(18)19/h1-11,16,21-22H,12-14H2/t16-,21-,22+/m0/s1. The second-order valence-corrected chi connectivity index (χ2v) is 10.9. The third-order valence-corrected chi connectivity index (χ3v) is 8.91. The average Bonchev–Trinajstić information content (AvgIpc) is 3.50. The molecule has 6 rings (SSSR count). The minimum absolute atomic E-state index is 0.123. The molecule has 3 atom stereocenters. The van der Waals surface area contributed by atoms with Crippen molar-refractivity contribution in [2.45, 2.75) is 30.3 Å². The van der Waals surface area contributed by atoms with Gasteiger partial charge in [0, 0.05) is 24.0 Å². The molecule has 3 fully saturated rings. The van der Waals surface area contributed by atoms with E-state index in [1.54, 1.807) is 48.5 Å². The van der Waals surface area contributed by atoms with Crippen LogP contribution in [0.2, 0.25) is 0 Å². The highest BCUT2D eigenvalue weighted by Crippen LogP contribution is 2.45. The summed E-state index contributed by atoms with van der Waals surface area (Å²) in [6.07, 6.45) is 0.408. The number of imide groups is 1. The molecular weight excluding hydrogens is 472 g/mol. The van der Waals surface area contributed by atoms with Crippen molar-refractivity contribution < 1.29 is 22.9 Å². The Bertz CT molecular complexity index is 1510. The highest BCUT2D eigenvalue weighted by Gasteiger charge is 2.64. The fourth-order valence-electron chi connectivity index (χ4n) is 5.65. The van der Waals surface area contributed by atoms with E-state index in [0.717, 1.165) is 4.90 Å². The largest absolute Gasteiger partial charge is 0.332 e. The van der Waals surface area contributed by atoms with E-state index in [2.05, 4.69) is 0 Å². The van der Waals surface area contributed by atoms with E-state index in [1.807, 2.05) is 6.07 Å². The molecule has 0 N–H and O–H groups in total. The van der Waals surface area contributed by atoms with Gasteiger partial charge in [0.25, 0.3) is 11.6 Å². The first kappa shape index (κ1) is 21.7. The topological polar surface area (TPSA) is 121 Å². The van der Waals surface area contributed by atoms with E-state index in [0.29, 0.717) is 22.8 Å². The molecule has 3 aromatic carbocycles. The van der Waals surface area contributed by atoms with Crippen LogP contribution in [-0.4, -0.2) is 59.2 Å². The first-order valence-electron chi connectivity index (χ1n) is 11.1. The number of hydrogen-bond donors (Lipinski definition) is 0. The first-order valence-corrected chi connectivity index (χ1v) is 12.7. The Morgan fingerprint density at radius 3 is 2.34 bits per heavy atom. The lowest BCUT2D eigenvalue weighted by atomic mass is 10.1. The summed E-state index contributed by atoms with van der Waals surface area (Å²) in [6.45, 7) is 0.143. The zero-order chi connectivity index (χ0) is 24.5. The van der Waals surface area contributed by atoms with Crippen LogP contribution in [0.15, 0.2) is 66.7 Å². The molecular formula is C24H20N4O6S. The van der Waals surface area contributed by atoms with Gasteiger partial charge in [-0.15, -0.1) is 0 Å². The smallest absolute Gasteiger partial charge is 0.306 e. The number of urea groups is 1. The zero-order valence-electron chi connectivity index (χ0n) is 18.4. The van der Waals surface area contributed by atoms with Crippen LogP contribution in [0.25, 0.3) is 10.8 Å². The van der Waals surface area contributed by atoms with Crippen molar-refractivity contribution in [3.05, 3.63) is 82.4 Å². The maximum absolute atomic E-state index is 13.6. The summed E-state index contributed by atoms with van der Waals surface area (Å²) in [4.78, 5) is 40.5. The molecule has 0 radical (unpaired) electrons. The Labute approximate surface area is 200 Å². The van der Waals surface area contributed by atoms with Crippen LogP contribution in [0.3, 0.4) is 0 Å². The van der Waals surface area contributed by atoms with Crippen LogP contribution in [0.1, 0.15) is 12.0 Å². The highest BCUT2D eigenvalue weighted by atomic mass is 32.2. The molecule has 3 saturated heterocycles. The molecule has 3 aromatic rings. The van der Waals surface area contributed by atoms with Crippen LogP contribution in [0.5, 0.6) is 0 Å². The molecule has 11 heteroatoms. The Morgan fingerprint density at radius 1 is 0.943 bits per heavy atom. The van der Waals surface area contributed by atoms with E-state index in [-0.39, 0.29) is 23.7 Å². The maximum atomic E-state index is 13.6. The number of amides is 3. The number of nitrogens with zero attached hydrogens (tertiary/aromatic N) is 4. The Balaban J connectivity index is 1.35. The number of hydrogen-bond acceptors (Lipinski definition) is 6. The van der Waals surface area contributed by atoms with E-state index < -0.39 is 45.0 Å². The van der Waals surface area contributed by atoms with Gasteiger partial charge in [-0.1, -0.05) is 48.5 Å². The van der Waals surface area contributed by atoms with Crippen molar-refractivity contribution in [2.24, 2.45) is 0 Å². The molecule has 3 amide bonds. The number of benzene rings is 3. The quantitative estimate of drug-likeness (QED) is 0.307. The minimum Gasteiger partial charge on any atom is -0.306 e. The number of sulfonamides is 1. The van der Waals surface area contributed by atoms with E-state index in [1.165, 1.54) is 21.3 Å². The average molecular weight is 493 g/mol. The van der Waals surface area contributed by atoms with Crippen molar-refractivity contribution >= 4 is 44.1 Å². The predicted molar refractivity (Wildman–Crippen MR) is 127 cm³/mol. The van der Waals surface area contributed by atoms with Crippen LogP contribution < -0.4 is 4.90 Å². The summed E-state index contributed by atoms with van der Waals surface area (Å²) < 4.78 is 27.8. The van der Waals surface area contributed by atoms with Crippen molar-refractivity contribution in [3.63, 3.8) is 0 Å². The molecule has 3 aliphatic rings. The summed E-state index contributed by atoms with van der Waals surface area (Å²) >= 11 is 0. The van der Waals surface area contributed by atoms with E-state index in [9.17, 15) is 28.1 Å². The lowest BCUT2D eigenvalue weighted by Crippen LogP contribution is -2.54. The fraction of sp³-hybridized carbons (Fsp3) is 0.250. The fourth-order valence-corrected chi connectivity index (χ4v) is 7.44. The molecule has 3 heterocycles. The zero-order valence-corrected chi connectivity index (χ0v) is 19.2. The normalized spacial score (nSPS) is 23.9. The third-order valence-electron chi connectivity index (χ3n) is 7.08. The van der Waals surface area contributed by atoms with Gasteiger partial charge < -0.3 is 4.90 Å². The van der Waals surface area contributed by atoms with Gasteiger partial charge in [-0.3, -0.25) is 14.9 Å². The first-order chi connectivity index (χ1) is 16.8. The summed E-state index contributed by atoms with van der Waals surface area (Å²) in [5, 5.41) is 12.2. The summed E-state index contributed by atoms with van der Waals surface area (Å²) in [7, 11) is -3.71. The van der Waals surface area contributed by atoms with Crippen LogP contribution in [0, 0.1) is 10.1 Å². The van der Waals surface area contributed by atoms with Gasteiger partial charge in [0.05, 0.1) is 27.8 Å². The molecule has 10 nitrogen and oxygen atoms in total. The highest BCUT2D eigenvalue weighted by molar-refractivity contribution is 7.88. The van der Waals surface area contributed by atoms with Gasteiger partial charge in [-0.25, -0.2) is 18.1 Å². The number of fused-ring (bicyclic) bond motifs is 6. The second-order valence-electron chi connectivity index (χ2n) is 8.98. The molecule has 0 saturated carbocycles. The van der Waals surface area contributed by atoms with Gasteiger partial charge in [0.15, 0.2) is 0 Å². The number of carbonyl (C=O) groups excluding carboxylic acids is 2. The molecule has 178 valence electrons. The van der Waals surface area contributed by atoms with Gasteiger partial charge in [-0.2, -0.15) is 4.31 Å². The van der Waals surface area contributed by atoms with Crippen molar-refractivity contribution in [2.75, 3.05) is 11.4 Å². The molecule has 0 spiro atoms.